The Bertz CT molecular complexity index is 947. The maximum Gasteiger partial charge on any atom is 0.255 e. The maximum atomic E-state index is 12.8. The number of para-hydroxylation sites is 1. The van der Waals surface area contributed by atoms with E-state index < -0.39 is 11.9 Å². The molecule has 2 saturated heterocycles. The summed E-state index contributed by atoms with van der Waals surface area (Å²) in [5.74, 6) is -0.881. The van der Waals surface area contributed by atoms with E-state index in [1.807, 2.05) is 12.2 Å². The van der Waals surface area contributed by atoms with Crippen molar-refractivity contribution < 1.29 is 19.4 Å². The molecule has 1 amide bonds. The number of benzene rings is 1. The third-order valence-corrected chi connectivity index (χ3v) is 8.08. The number of phenolic OH excluding ortho intramolecular Hbond substituents is 1. The zero-order chi connectivity index (χ0) is 22.6. The summed E-state index contributed by atoms with van der Waals surface area (Å²) in [6, 6.07) is 5.35. The zero-order valence-corrected chi connectivity index (χ0v) is 19.7. The lowest BCUT2D eigenvalue weighted by atomic mass is 9.75. The second kappa shape index (κ2) is 10.3. The summed E-state index contributed by atoms with van der Waals surface area (Å²) in [6.45, 7) is 0.830. The van der Waals surface area contributed by atoms with Gasteiger partial charge in [0.2, 0.25) is 0 Å². The van der Waals surface area contributed by atoms with E-state index in [1.54, 1.807) is 18.2 Å². The summed E-state index contributed by atoms with van der Waals surface area (Å²) in [6.07, 6.45) is 15.9. The highest BCUT2D eigenvalue weighted by molar-refractivity contribution is 8.27. The molecule has 1 spiro atoms. The van der Waals surface area contributed by atoms with Crippen LogP contribution in [0.2, 0.25) is 0 Å². The van der Waals surface area contributed by atoms with Crippen LogP contribution in [0.5, 0.6) is 5.75 Å². The van der Waals surface area contributed by atoms with Gasteiger partial charge in [-0.2, -0.15) is 0 Å². The number of rotatable bonds is 4. The Morgan fingerprint density at radius 3 is 2.66 bits per heavy atom. The van der Waals surface area contributed by atoms with E-state index >= 15 is 0 Å². The van der Waals surface area contributed by atoms with Crippen LogP contribution >= 0.6 is 24.0 Å². The predicted octanol–water partition coefficient (Wildman–Crippen LogP) is 5.09. The van der Waals surface area contributed by atoms with E-state index in [-0.39, 0.29) is 23.2 Å². The van der Waals surface area contributed by atoms with Crippen LogP contribution in [0.25, 0.3) is 0 Å². The first-order valence-corrected chi connectivity index (χ1v) is 12.5. The van der Waals surface area contributed by atoms with Crippen molar-refractivity contribution in [1.82, 2.24) is 5.32 Å². The molecule has 4 rings (SSSR count). The van der Waals surface area contributed by atoms with Crippen molar-refractivity contribution in [3.05, 3.63) is 53.0 Å². The minimum Gasteiger partial charge on any atom is -0.507 e. The van der Waals surface area contributed by atoms with E-state index in [1.165, 1.54) is 68.8 Å². The molecule has 170 valence electrons. The molecule has 2 heterocycles. The van der Waals surface area contributed by atoms with Gasteiger partial charge in [-0.15, -0.1) is 0 Å². The first kappa shape index (κ1) is 23.2. The number of carbonyl (C=O) groups excluding carboxylic acids is 2. The molecule has 32 heavy (non-hydrogen) atoms. The number of carbonyl (C=O) groups is 2. The Morgan fingerprint density at radius 1 is 1.19 bits per heavy atom. The number of allylic oxidation sites excluding steroid dienone is 2. The number of ether oxygens (including phenoxy) is 1. The normalized spacial score (nSPS) is 27.2. The van der Waals surface area contributed by atoms with Gasteiger partial charge in [-0.1, -0.05) is 80.4 Å². The van der Waals surface area contributed by atoms with E-state index in [0.29, 0.717) is 14.5 Å². The summed E-state index contributed by atoms with van der Waals surface area (Å²) in [5, 5.41) is 12.5. The SMILES string of the molecule is O=C(NC1C(=O)/C(=C\C=C\C2CC3(CCCCCCC3)CO2)SC1=S)c1ccccc1O. The Kier molecular flexibility index (Phi) is 7.48. The van der Waals surface area contributed by atoms with E-state index in [0.717, 1.165) is 13.0 Å². The third kappa shape index (κ3) is 5.33. The van der Waals surface area contributed by atoms with Crippen molar-refractivity contribution in [1.29, 1.82) is 0 Å². The fourth-order valence-corrected chi connectivity index (χ4v) is 6.11. The highest BCUT2D eigenvalue weighted by Crippen LogP contribution is 2.43. The molecule has 2 atom stereocenters. The van der Waals surface area contributed by atoms with Gasteiger partial charge in [0.25, 0.3) is 5.91 Å². The van der Waals surface area contributed by atoms with E-state index in [2.05, 4.69) is 5.32 Å². The van der Waals surface area contributed by atoms with Crippen LogP contribution in [0.4, 0.5) is 0 Å². The monoisotopic (exact) mass is 471 g/mol. The summed E-state index contributed by atoms with van der Waals surface area (Å²) < 4.78 is 6.48. The smallest absolute Gasteiger partial charge is 0.255 e. The number of aromatic hydroxyl groups is 1. The fraction of sp³-hybridized carbons (Fsp3) is 0.480. The van der Waals surface area contributed by atoms with Crippen LogP contribution in [0.1, 0.15) is 61.7 Å². The molecule has 3 aliphatic rings. The van der Waals surface area contributed by atoms with Crippen molar-refractivity contribution >= 4 is 39.9 Å². The van der Waals surface area contributed by atoms with Crippen molar-refractivity contribution in [2.75, 3.05) is 6.61 Å². The third-order valence-electron chi connectivity index (χ3n) is 6.60. The van der Waals surface area contributed by atoms with Gasteiger partial charge < -0.3 is 15.2 Å². The van der Waals surface area contributed by atoms with Gasteiger partial charge >= 0.3 is 0 Å². The Morgan fingerprint density at radius 2 is 1.91 bits per heavy atom. The van der Waals surface area contributed by atoms with Crippen molar-refractivity contribution in [2.45, 2.75) is 63.5 Å². The number of ketones is 1. The summed E-state index contributed by atoms with van der Waals surface area (Å²) in [4.78, 5) is 25.8. The largest absolute Gasteiger partial charge is 0.507 e. The van der Waals surface area contributed by atoms with Crippen LogP contribution in [-0.2, 0) is 9.53 Å². The van der Waals surface area contributed by atoms with Crippen LogP contribution in [0.15, 0.2) is 47.4 Å². The van der Waals surface area contributed by atoms with Gasteiger partial charge in [0.15, 0.2) is 5.78 Å². The molecule has 7 heteroatoms. The number of thiocarbonyl (C=S) groups is 1. The topological polar surface area (TPSA) is 75.6 Å². The second-order valence-corrected chi connectivity index (χ2v) is 10.7. The Hall–Kier alpha value is -1.96. The molecule has 1 aromatic rings. The zero-order valence-electron chi connectivity index (χ0n) is 18.0. The minimum atomic E-state index is -0.873. The molecule has 0 radical (unpaired) electrons. The molecule has 2 N–H and O–H groups in total. The molecule has 1 aliphatic carbocycles. The lowest BCUT2D eigenvalue weighted by Crippen LogP contribution is -2.41. The highest BCUT2D eigenvalue weighted by Gasteiger charge is 2.39. The summed E-state index contributed by atoms with van der Waals surface area (Å²) >= 11 is 6.54. The minimum absolute atomic E-state index is 0.0799. The number of nitrogens with one attached hydrogen (secondary N) is 1. The molecular formula is C25H29NO4S2. The first-order valence-electron chi connectivity index (χ1n) is 11.3. The van der Waals surface area contributed by atoms with Crippen LogP contribution in [0, 0.1) is 5.41 Å². The van der Waals surface area contributed by atoms with Crippen molar-refractivity contribution in [2.24, 2.45) is 5.41 Å². The van der Waals surface area contributed by atoms with Crippen LogP contribution in [0.3, 0.4) is 0 Å². The number of phenols is 1. The van der Waals surface area contributed by atoms with Gasteiger partial charge in [0.1, 0.15) is 11.8 Å². The van der Waals surface area contributed by atoms with E-state index in [4.69, 9.17) is 17.0 Å². The van der Waals surface area contributed by atoms with Gasteiger partial charge in [-0.05, 0) is 42.9 Å². The molecule has 1 saturated carbocycles. The molecule has 0 bridgehead atoms. The van der Waals surface area contributed by atoms with Gasteiger partial charge in [0.05, 0.1) is 27.4 Å². The van der Waals surface area contributed by atoms with Gasteiger partial charge in [-0.25, -0.2) is 0 Å². The lowest BCUT2D eigenvalue weighted by molar-refractivity contribution is -0.115. The second-order valence-electron chi connectivity index (χ2n) is 8.95. The van der Waals surface area contributed by atoms with Gasteiger partial charge in [0, 0.05) is 0 Å². The molecule has 2 aliphatic heterocycles. The quantitative estimate of drug-likeness (QED) is 0.470. The van der Waals surface area contributed by atoms with Crippen LogP contribution < -0.4 is 5.32 Å². The molecule has 0 aromatic heterocycles. The predicted molar refractivity (Wildman–Crippen MR) is 131 cm³/mol. The summed E-state index contributed by atoms with van der Waals surface area (Å²) in [7, 11) is 0. The number of Topliss-reactive ketones (excluding diaryl/α,β-unsaturated/α-hetero) is 1. The fourth-order valence-electron chi connectivity index (χ4n) is 4.80. The highest BCUT2D eigenvalue weighted by atomic mass is 32.2. The van der Waals surface area contributed by atoms with Gasteiger partial charge in [-0.3, -0.25) is 9.59 Å². The summed E-state index contributed by atoms with van der Waals surface area (Å²) in [5.41, 5.74) is 0.437. The Labute approximate surface area is 198 Å². The lowest BCUT2D eigenvalue weighted by Gasteiger charge is -2.29. The average Bonchev–Trinajstić information content (AvgIpc) is 3.28. The first-order chi connectivity index (χ1) is 15.5. The molecule has 3 fully saturated rings. The van der Waals surface area contributed by atoms with Crippen molar-refractivity contribution in [3.63, 3.8) is 0 Å². The van der Waals surface area contributed by atoms with Crippen LogP contribution in [-0.4, -0.2) is 39.7 Å². The number of hydrogen-bond acceptors (Lipinski definition) is 6. The van der Waals surface area contributed by atoms with E-state index in [9.17, 15) is 14.7 Å². The number of hydrogen-bond donors (Lipinski definition) is 2. The number of amides is 1. The standard InChI is InChI=1S/C25H29NO4S2/c27-19-11-5-4-10-18(19)23(29)26-21-22(28)20(32-24(21)31)12-8-9-17-15-25(16-30-17)13-6-2-1-3-7-14-25/h4-5,8-12,17,21,27H,1-3,6-7,13-16H2,(H,26,29)/b9-8+,20-12+. The molecule has 1 aromatic carbocycles. The van der Waals surface area contributed by atoms with Crippen molar-refractivity contribution in [3.8, 4) is 5.75 Å². The maximum absolute atomic E-state index is 12.8. The number of thioether (sulfide) groups is 1. The Balaban J connectivity index is 1.35. The average molecular weight is 472 g/mol. The molecule has 2 unspecified atom stereocenters. The molecule has 5 nitrogen and oxygen atoms in total. The molecular weight excluding hydrogens is 442 g/mol.